The van der Waals surface area contributed by atoms with Crippen LogP contribution in [0.1, 0.15) is 17.8 Å². The molecule has 52 heavy (non-hydrogen) atoms. The van der Waals surface area contributed by atoms with Crippen molar-refractivity contribution < 1.29 is 0 Å². The SMILES string of the molecule is C1=C(c2ccc(-c3nc4ccccc4s3)cc2)CCc2nc3c(-c4ccc5ccccc5c4)c4ccccc4c(-c4ccc5ccccc5c4)c3n21. The number of fused-ring (bicyclic) bond motifs is 7. The molecular formula is C48H31N3S. The van der Waals surface area contributed by atoms with Gasteiger partial charge in [-0.15, -0.1) is 11.3 Å². The zero-order chi connectivity index (χ0) is 34.2. The van der Waals surface area contributed by atoms with Gasteiger partial charge in [0.1, 0.15) is 10.8 Å². The first-order chi connectivity index (χ1) is 25.7. The summed E-state index contributed by atoms with van der Waals surface area (Å²) in [7, 11) is 0. The summed E-state index contributed by atoms with van der Waals surface area (Å²) in [5.74, 6) is 1.10. The molecule has 1 aliphatic heterocycles. The molecule has 0 saturated carbocycles. The highest BCUT2D eigenvalue weighted by atomic mass is 32.1. The first kappa shape index (κ1) is 29.4. The van der Waals surface area contributed by atoms with Crippen molar-refractivity contribution in [1.82, 2.24) is 14.5 Å². The number of nitrogens with zero attached hydrogens (tertiary/aromatic N) is 3. The third-order valence-electron chi connectivity index (χ3n) is 10.7. The molecule has 4 heteroatoms. The van der Waals surface area contributed by atoms with Crippen LogP contribution in [0.25, 0.3) is 98.2 Å². The van der Waals surface area contributed by atoms with Crippen LogP contribution < -0.4 is 0 Å². The van der Waals surface area contributed by atoms with Crippen LogP contribution in [0.3, 0.4) is 0 Å². The number of thiazole rings is 1. The van der Waals surface area contributed by atoms with Crippen LogP contribution in [-0.4, -0.2) is 14.5 Å². The van der Waals surface area contributed by atoms with E-state index in [4.69, 9.17) is 9.97 Å². The summed E-state index contributed by atoms with van der Waals surface area (Å²) in [6, 6.07) is 57.2. The Morgan fingerprint density at radius 2 is 1.06 bits per heavy atom. The van der Waals surface area contributed by atoms with Crippen molar-refractivity contribution in [3.8, 4) is 32.8 Å². The van der Waals surface area contributed by atoms with Crippen LogP contribution in [-0.2, 0) is 6.42 Å². The van der Waals surface area contributed by atoms with Gasteiger partial charge in [0.2, 0.25) is 0 Å². The number of rotatable bonds is 4. The molecule has 0 bridgehead atoms. The maximum Gasteiger partial charge on any atom is 0.124 e. The number of allylic oxidation sites excluding steroid dienone is 1. The predicted molar refractivity (Wildman–Crippen MR) is 221 cm³/mol. The van der Waals surface area contributed by atoms with E-state index in [2.05, 4.69) is 168 Å². The summed E-state index contributed by atoms with van der Waals surface area (Å²) in [6.07, 6.45) is 4.15. The minimum atomic E-state index is 0.866. The molecule has 0 unspecified atom stereocenters. The fourth-order valence-corrected chi connectivity index (χ4v) is 9.14. The summed E-state index contributed by atoms with van der Waals surface area (Å²) in [5, 5.41) is 8.46. The lowest BCUT2D eigenvalue weighted by Crippen LogP contribution is -2.05. The number of para-hydroxylation sites is 1. The van der Waals surface area contributed by atoms with Crippen LogP contribution >= 0.6 is 11.3 Å². The van der Waals surface area contributed by atoms with E-state index in [9.17, 15) is 0 Å². The highest BCUT2D eigenvalue weighted by molar-refractivity contribution is 7.21. The first-order valence-electron chi connectivity index (χ1n) is 17.9. The molecule has 10 aromatic rings. The zero-order valence-electron chi connectivity index (χ0n) is 28.3. The first-order valence-corrected chi connectivity index (χ1v) is 18.7. The molecule has 3 heterocycles. The third-order valence-corrected chi connectivity index (χ3v) is 11.8. The van der Waals surface area contributed by atoms with Gasteiger partial charge in [0.15, 0.2) is 0 Å². The summed E-state index contributed by atoms with van der Waals surface area (Å²) < 4.78 is 3.62. The number of aryl methyl sites for hydroxylation is 1. The Kier molecular flexibility index (Phi) is 6.55. The minimum Gasteiger partial charge on any atom is -0.302 e. The Morgan fingerprint density at radius 3 is 1.77 bits per heavy atom. The van der Waals surface area contributed by atoms with E-state index >= 15 is 0 Å². The van der Waals surface area contributed by atoms with E-state index in [0.717, 1.165) is 45.8 Å². The van der Waals surface area contributed by atoms with Gasteiger partial charge in [-0.2, -0.15) is 0 Å². The summed E-state index contributed by atoms with van der Waals surface area (Å²) in [4.78, 5) is 10.4. The number of hydrogen-bond acceptors (Lipinski definition) is 3. The molecule has 2 aromatic heterocycles. The van der Waals surface area contributed by atoms with Crippen LogP contribution in [0.4, 0.5) is 0 Å². The van der Waals surface area contributed by atoms with Crippen LogP contribution in [0.5, 0.6) is 0 Å². The second-order valence-electron chi connectivity index (χ2n) is 13.7. The predicted octanol–water partition coefficient (Wildman–Crippen LogP) is 13.1. The molecule has 0 atom stereocenters. The topological polar surface area (TPSA) is 30.7 Å². The van der Waals surface area contributed by atoms with E-state index in [-0.39, 0.29) is 0 Å². The second kappa shape index (κ2) is 11.6. The molecule has 0 spiro atoms. The van der Waals surface area contributed by atoms with Crippen LogP contribution in [0, 0.1) is 0 Å². The fourth-order valence-electron chi connectivity index (χ4n) is 8.16. The van der Waals surface area contributed by atoms with Crippen molar-refractivity contribution in [2.24, 2.45) is 0 Å². The van der Waals surface area contributed by atoms with E-state index in [1.807, 2.05) is 0 Å². The van der Waals surface area contributed by atoms with Crippen molar-refractivity contribution in [1.29, 1.82) is 0 Å². The normalized spacial score (nSPS) is 13.0. The van der Waals surface area contributed by atoms with E-state index in [0.29, 0.717) is 0 Å². The third kappa shape index (κ3) is 4.65. The fraction of sp³-hybridized carbons (Fsp3) is 0.0417. The molecule has 244 valence electrons. The largest absolute Gasteiger partial charge is 0.302 e. The molecule has 0 radical (unpaired) electrons. The van der Waals surface area contributed by atoms with Crippen molar-refractivity contribution in [3.05, 3.63) is 169 Å². The average Bonchev–Trinajstić information content (AvgIpc) is 3.81. The Morgan fingerprint density at radius 1 is 0.481 bits per heavy atom. The summed E-state index contributed by atoms with van der Waals surface area (Å²) in [6.45, 7) is 0. The van der Waals surface area contributed by atoms with Crippen molar-refractivity contribution in [3.63, 3.8) is 0 Å². The lowest BCUT2D eigenvalue weighted by Gasteiger charge is -2.19. The van der Waals surface area contributed by atoms with Gasteiger partial charge >= 0.3 is 0 Å². The van der Waals surface area contributed by atoms with E-state index < -0.39 is 0 Å². The summed E-state index contributed by atoms with van der Waals surface area (Å²) >= 11 is 1.75. The Bertz CT molecular complexity index is 3040. The molecule has 0 aliphatic carbocycles. The van der Waals surface area contributed by atoms with Gasteiger partial charge in [0.05, 0.1) is 21.3 Å². The quantitative estimate of drug-likeness (QED) is 0.185. The van der Waals surface area contributed by atoms with Gasteiger partial charge < -0.3 is 4.57 Å². The van der Waals surface area contributed by atoms with E-state index in [1.54, 1.807) is 11.3 Å². The smallest absolute Gasteiger partial charge is 0.124 e. The Hall–Kier alpha value is -6.36. The second-order valence-corrected chi connectivity index (χ2v) is 14.8. The van der Waals surface area contributed by atoms with Gasteiger partial charge in [0, 0.05) is 29.3 Å². The highest BCUT2D eigenvalue weighted by Crippen LogP contribution is 2.46. The summed E-state index contributed by atoms with van der Waals surface area (Å²) in [5.41, 5.74) is 11.8. The molecule has 0 amide bonds. The standard InChI is InChI=1S/C48H31N3S/c1-3-11-34-27-36(23-19-30(34)9-1)44-39-13-5-6-14-40(39)45(37-24-20-31-10-2-4-12-35(31)28-37)47-46(44)50-43-26-25-38(29-51(43)47)32-17-21-33(22-18-32)48-49-41-15-7-8-16-42(41)52-48/h1-24,27-29H,25-26H2. The number of imidazole rings is 1. The maximum atomic E-state index is 5.52. The molecule has 3 nitrogen and oxygen atoms in total. The molecule has 1 aliphatic rings. The van der Waals surface area contributed by atoms with Crippen molar-refractivity contribution in [2.75, 3.05) is 0 Å². The lowest BCUT2D eigenvalue weighted by atomic mass is 9.89. The molecule has 8 aromatic carbocycles. The number of aromatic nitrogens is 3. The molecule has 0 N–H and O–H groups in total. The number of benzene rings is 8. The van der Waals surface area contributed by atoms with Gasteiger partial charge in [-0.3, -0.25) is 0 Å². The average molecular weight is 682 g/mol. The monoisotopic (exact) mass is 681 g/mol. The molecule has 0 fully saturated rings. The molecule has 11 rings (SSSR count). The Balaban J connectivity index is 1.15. The van der Waals surface area contributed by atoms with Crippen LogP contribution in [0.2, 0.25) is 0 Å². The zero-order valence-corrected chi connectivity index (χ0v) is 29.1. The van der Waals surface area contributed by atoms with Crippen LogP contribution in [0.15, 0.2) is 158 Å². The Labute approximate surface area is 304 Å². The molecule has 0 saturated heterocycles. The highest BCUT2D eigenvalue weighted by Gasteiger charge is 2.25. The minimum absolute atomic E-state index is 0.866. The van der Waals surface area contributed by atoms with Gasteiger partial charge in [-0.25, -0.2) is 9.97 Å². The van der Waals surface area contributed by atoms with Crippen molar-refractivity contribution in [2.45, 2.75) is 12.8 Å². The van der Waals surface area contributed by atoms with E-state index in [1.165, 1.54) is 70.4 Å². The maximum absolute atomic E-state index is 5.52. The number of hydrogen-bond donors (Lipinski definition) is 0. The lowest BCUT2D eigenvalue weighted by molar-refractivity contribution is 0.861. The van der Waals surface area contributed by atoms with Crippen molar-refractivity contribution >= 4 is 76.7 Å². The molecular weight excluding hydrogens is 651 g/mol. The van der Waals surface area contributed by atoms with Gasteiger partial charge in [-0.05, 0) is 85.3 Å². The van der Waals surface area contributed by atoms with Gasteiger partial charge in [0.25, 0.3) is 0 Å². The van der Waals surface area contributed by atoms with Gasteiger partial charge in [-0.1, -0.05) is 133 Å².